The van der Waals surface area contributed by atoms with Crippen molar-refractivity contribution in [3.8, 4) is 0 Å². The summed E-state index contributed by atoms with van der Waals surface area (Å²) in [6.45, 7) is 3.14. The van der Waals surface area contributed by atoms with Gasteiger partial charge in [-0.05, 0) is 19.3 Å². The fourth-order valence-electron chi connectivity index (χ4n) is 7.17. The first-order chi connectivity index (χ1) is 40.4. The summed E-state index contributed by atoms with van der Waals surface area (Å²) in [5, 5.41) is 146. The highest BCUT2D eigenvalue weighted by molar-refractivity contribution is 5.67. The second-order valence-corrected chi connectivity index (χ2v) is 21.3. The SMILES string of the molecule is CCCCCCCCCCCCCCCC(=O)O.CCCCCCCCCCCCCCCC(=O)O.CCCCCCCCCCCCCCCC(=O)O.OCC(O)CO.OCC(O)CO.OCC(O)CO.OCC(O)CO.OCC(O)CO. The highest BCUT2D eigenvalue weighted by atomic mass is 16.4. The highest BCUT2D eigenvalue weighted by Crippen LogP contribution is 2.15. The van der Waals surface area contributed by atoms with Crippen LogP contribution in [0.1, 0.15) is 290 Å². The van der Waals surface area contributed by atoms with E-state index in [0.29, 0.717) is 19.3 Å². The molecule has 0 aromatic heterocycles. The predicted molar refractivity (Wildman–Crippen MR) is 335 cm³/mol. The van der Waals surface area contributed by atoms with Crippen molar-refractivity contribution in [3.05, 3.63) is 0 Å². The Morgan fingerprint density at radius 2 is 0.298 bits per heavy atom. The van der Waals surface area contributed by atoms with E-state index in [1.54, 1.807) is 0 Å². The van der Waals surface area contributed by atoms with Gasteiger partial charge in [0.2, 0.25) is 0 Å². The topological polar surface area (TPSA) is 415 Å². The number of hydrogen-bond acceptors (Lipinski definition) is 18. The maximum absolute atomic E-state index is 10.3. The molecule has 0 bridgehead atoms. The van der Waals surface area contributed by atoms with Gasteiger partial charge in [-0.25, -0.2) is 0 Å². The summed E-state index contributed by atoms with van der Waals surface area (Å²) in [7, 11) is 0. The van der Waals surface area contributed by atoms with Crippen LogP contribution in [-0.4, -0.2) is 206 Å². The zero-order valence-electron chi connectivity index (χ0n) is 53.4. The second kappa shape index (κ2) is 94.5. The van der Waals surface area contributed by atoms with E-state index in [9.17, 15) is 14.4 Å². The van der Waals surface area contributed by atoms with Crippen molar-refractivity contribution in [2.75, 3.05) is 66.1 Å². The molecule has 0 aliphatic heterocycles. The van der Waals surface area contributed by atoms with Crippen molar-refractivity contribution in [3.63, 3.8) is 0 Å². The summed E-state index contributed by atoms with van der Waals surface area (Å²) in [4.78, 5) is 30.9. The Labute approximate surface area is 509 Å². The van der Waals surface area contributed by atoms with Crippen molar-refractivity contribution in [2.45, 2.75) is 321 Å². The second-order valence-electron chi connectivity index (χ2n) is 21.3. The van der Waals surface area contributed by atoms with Gasteiger partial charge in [0.05, 0.1) is 66.1 Å². The minimum Gasteiger partial charge on any atom is -0.481 e. The molecule has 21 nitrogen and oxygen atoms in total. The molecule has 0 aliphatic rings. The van der Waals surface area contributed by atoms with E-state index in [-0.39, 0.29) is 66.1 Å². The van der Waals surface area contributed by atoms with Crippen LogP contribution in [0.5, 0.6) is 0 Å². The van der Waals surface area contributed by atoms with Crippen molar-refractivity contribution >= 4 is 17.9 Å². The van der Waals surface area contributed by atoms with Crippen LogP contribution in [0, 0.1) is 0 Å². The summed E-state index contributed by atoms with van der Waals surface area (Å²) in [5.74, 6) is -1.96. The quantitative estimate of drug-likeness (QED) is 0.0254. The van der Waals surface area contributed by atoms with Crippen molar-refractivity contribution in [2.24, 2.45) is 0 Å². The van der Waals surface area contributed by atoms with Gasteiger partial charge in [-0.15, -0.1) is 0 Å². The van der Waals surface area contributed by atoms with Crippen LogP contribution in [0.3, 0.4) is 0 Å². The number of aliphatic hydroxyl groups excluding tert-OH is 15. The lowest BCUT2D eigenvalue weighted by molar-refractivity contribution is -0.138. The molecule has 21 heteroatoms. The van der Waals surface area contributed by atoms with E-state index < -0.39 is 48.4 Å². The molecule has 0 saturated heterocycles. The van der Waals surface area contributed by atoms with Crippen LogP contribution < -0.4 is 0 Å². The number of unbranched alkanes of at least 4 members (excludes halogenated alkanes) is 36. The van der Waals surface area contributed by atoms with Crippen LogP contribution in [0.2, 0.25) is 0 Å². The summed E-state index contributed by atoms with van der Waals surface area (Å²) in [6.07, 6.45) is 47.0. The Morgan fingerprint density at radius 3 is 0.369 bits per heavy atom. The van der Waals surface area contributed by atoms with Crippen LogP contribution in [-0.2, 0) is 14.4 Å². The third-order valence-electron chi connectivity index (χ3n) is 12.6. The molecule has 514 valence electrons. The summed E-state index contributed by atoms with van der Waals surface area (Å²) in [6, 6.07) is 0. The Bertz CT molecular complexity index is 973. The van der Waals surface area contributed by atoms with E-state index in [1.807, 2.05) is 0 Å². The van der Waals surface area contributed by atoms with Crippen molar-refractivity contribution in [1.82, 2.24) is 0 Å². The fourth-order valence-corrected chi connectivity index (χ4v) is 7.17. The largest absolute Gasteiger partial charge is 0.481 e. The molecule has 0 spiro atoms. The van der Waals surface area contributed by atoms with Gasteiger partial charge in [-0.2, -0.15) is 0 Å². The van der Waals surface area contributed by atoms with E-state index in [2.05, 4.69) is 20.8 Å². The average molecular weight is 1230 g/mol. The predicted octanol–water partition coefficient (Wildman–Crippen LogP) is 8.32. The maximum atomic E-state index is 10.3. The molecule has 0 atom stereocenters. The first-order valence-corrected chi connectivity index (χ1v) is 32.5. The van der Waals surface area contributed by atoms with Crippen molar-refractivity contribution < 1.29 is 106 Å². The Kier molecular flexibility index (Phi) is 110. The normalized spacial score (nSPS) is 10.5. The molecule has 0 aliphatic carbocycles. The van der Waals surface area contributed by atoms with Gasteiger partial charge < -0.3 is 91.9 Å². The third-order valence-corrected chi connectivity index (χ3v) is 12.6. The average Bonchev–Trinajstić information content (AvgIpc) is 3.50. The van der Waals surface area contributed by atoms with E-state index in [0.717, 1.165) is 38.5 Å². The Morgan fingerprint density at radius 1 is 0.202 bits per heavy atom. The summed E-state index contributed by atoms with van der Waals surface area (Å²) >= 11 is 0. The summed E-state index contributed by atoms with van der Waals surface area (Å²) < 4.78 is 0. The number of carbonyl (C=O) groups is 3. The van der Waals surface area contributed by atoms with E-state index in [1.165, 1.54) is 212 Å². The first-order valence-electron chi connectivity index (χ1n) is 32.5. The van der Waals surface area contributed by atoms with Gasteiger partial charge in [-0.3, -0.25) is 14.4 Å². The number of rotatable bonds is 52. The molecular weight excluding hydrogens is 1090 g/mol. The van der Waals surface area contributed by atoms with Crippen molar-refractivity contribution in [1.29, 1.82) is 0 Å². The van der Waals surface area contributed by atoms with Crippen LogP contribution in [0.4, 0.5) is 0 Å². The Balaban J connectivity index is -0.000000138. The molecule has 84 heavy (non-hydrogen) atoms. The molecule has 0 fully saturated rings. The van der Waals surface area contributed by atoms with Gasteiger partial charge in [0.25, 0.3) is 0 Å². The smallest absolute Gasteiger partial charge is 0.303 e. The summed E-state index contributed by atoms with van der Waals surface area (Å²) in [5.41, 5.74) is 0. The standard InChI is InChI=1S/3C16H32O2.5C3H8O3/c3*1-2-3-4-5-6-7-8-9-10-11-12-13-14-15-16(17)18;5*4-1-3(6)2-5/h3*2-15H2,1H3,(H,17,18);5*3-6H,1-2H2. The molecule has 0 heterocycles. The van der Waals surface area contributed by atoms with E-state index in [4.69, 9.17) is 91.9 Å². The Hall–Kier alpha value is -2.19. The van der Waals surface area contributed by atoms with Gasteiger partial charge in [0.1, 0.15) is 30.5 Å². The highest BCUT2D eigenvalue weighted by Gasteiger charge is 2.01. The first kappa shape index (κ1) is 98.1. The number of aliphatic carboxylic acids is 3. The number of hydrogen-bond donors (Lipinski definition) is 18. The molecule has 0 amide bonds. The maximum Gasteiger partial charge on any atom is 0.303 e. The molecule has 0 rings (SSSR count). The zero-order chi connectivity index (χ0) is 65.4. The molecule has 0 unspecified atom stereocenters. The lowest BCUT2D eigenvalue weighted by atomic mass is 10.0. The molecular formula is C63H136O21. The minimum absolute atomic E-state index is 0.345. The fraction of sp³-hybridized carbons (Fsp3) is 0.952. The number of carboxylic acid groups (broad SMARTS) is 3. The van der Waals surface area contributed by atoms with Gasteiger partial charge in [-0.1, -0.05) is 252 Å². The zero-order valence-corrected chi connectivity index (χ0v) is 53.4. The molecule has 0 radical (unpaired) electrons. The molecule has 0 aromatic carbocycles. The van der Waals surface area contributed by atoms with Crippen LogP contribution in [0.15, 0.2) is 0 Å². The monoisotopic (exact) mass is 1230 g/mol. The van der Waals surface area contributed by atoms with Gasteiger partial charge in [0, 0.05) is 19.3 Å². The van der Waals surface area contributed by atoms with Gasteiger partial charge >= 0.3 is 17.9 Å². The lowest BCUT2D eigenvalue weighted by Gasteiger charge is -2.02. The van der Waals surface area contributed by atoms with E-state index >= 15 is 0 Å². The van der Waals surface area contributed by atoms with Crippen LogP contribution in [0.25, 0.3) is 0 Å². The molecule has 0 aromatic rings. The number of aliphatic hydroxyl groups is 15. The lowest BCUT2D eigenvalue weighted by Crippen LogP contribution is -2.15. The molecule has 18 N–H and O–H groups in total. The molecule has 0 saturated carbocycles. The van der Waals surface area contributed by atoms with Gasteiger partial charge in [0.15, 0.2) is 0 Å². The van der Waals surface area contributed by atoms with Crippen LogP contribution >= 0.6 is 0 Å². The third kappa shape index (κ3) is 126. The minimum atomic E-state index is -0.954. The number of carboxylic acids is 3.